The predicted octanol–water partition coefficient (Wildman–Crippen LogP) is 4.04. The molecule has 0 spiro atoms. The number of aromatic amines is 1. The zero-order chi connectivity index (χ0) is 22.5. The van der Waals surface area contributed by atoms with E-state index in [0.29, 0.717) is 34.1 Å². The number of amides is 1. The molecule has 0 atom stereocenters. The fourth-order valence-electron chi connectivity index (χ4n) is 3.17. The van der Waals surface area contributed by atoms with Crippen molar-refractivity contribution < 1.29 is 23.8 Å². The molecule has 0 saturated carbocycles. The number of methoxy groups -OCH3 is 2. The van der Waals surface area contributed by atoms with Gasteiger partial charge in [0.05, 0.1) is 36.5 Å². The van der Waals surface area contributed by atoms with Crippen LogP contribution in [0.1, 0.15) is 10.4 Å². The van der Waals surface area contributed by atoms with Crippen molar-refractivity contribution in [3.05, 3.63) is 72.3 Å². The summed E-state index contributed by atoms with van der Waals surface area (Å²) in [4.78, 5) is 32.4. The summed E-state index contributed by atoms with van der Waals surface area (Å²) in [6.07, 6.45) is 0. The number of carbonyl (C=O) groups is 2. The smallest absolute Gasteiger partial charge is 0.338 e. The topological polar surface area (TPSA) is 103 Å². The van der Waals surface area contributed by atoms with E-state index in [1.54, 1.807) is 36.4 Å². The third-order valence-corrected chi connectivity index (χ3v) is 4.78. The molecule has 1 aromatic heterocycles. The summed E-state index contributed by atoms with van der Waals surface area (Å²) in [5.41, 5.74) is 3.13. The highest BCUT2D eigenvalue weighted by molar-refractivity contribution is 5.98. The number of hydrogen-bond donors (Lipinski definition) is 2. The minimum absolute atomic E-state index is 0.315. The van der Waals surface area contributed by atoms with Crippen molar-refractivity contribution in [2.24, 2.45) is 0 Å². The summed E-state index contributed by atoms with van der Waals surface area (Å²) in [6.45, 7) is -0.440. The Labute approximate surface area is 184 Å². The fourth-order valence-corrected chi connectivity index (χ4v) is 3.17. The molecule has 0 aliphatic rings. The summed E-state index contributed by atoms with van der Waals surface area (Å²) < 4.78 is 15.5. The molecule has 8 nitrogen and oxygen atoms in total. The molecule has 1 heterocycles. The molecule has 3 aromatic carbocycles. The zero-order valence-electron chi connectivity index (χ0n) is 17.5. The van der Waals surface area contributed by atoms with E-state index in [0.717, 1.165) is 11.1 Å². The monoisotopic (exact) mass is 431 g/mol. The number of hydrogen-bond acceptors (Lipinski definition) is 6. The lowest BCUT2D eigenvalue weighted by Gasteiger charge is -2.11. The highest BCUT2D eigenvalue weighted by atomic mass is 16.5. The van der Waals surface area contributed by atoms with Gasteiger partial charge in [-0.05, 0) is 30.3 Å². The third-order valence-electron chi connectivity index (χ3n) is 4.78. The molecule has 0 saturated heterocycles. The van der Waals surface area contributed by atoms with Crippen molar-refractivity contribution in [1.82, 2.24) is 9.97 Å². The quantitative estimate of drug-likeness (QED) is 0.428. The number of ether oxygens (including phenoxy) is 3. The molecule has 32 heavy (non-hydrogen) atoms. The van der Waals surface area contributed by atoms with Crippen LogP contribution in [0, 0.1) is 0 Å². The Morgan fingerprint density at radius 2 is 1.78 bits per heavy atom. The molecule has 0 aliphatic heterocycles. The summed E-state index contributed by atoms with van der Waals surface area (Å²) in [7, 11) is 3.02. The molecular formula is C24H21N3O5. The SMILES string of the molecule is COc1ccc(NC(=O)COC(=O)c2ccc3nc(-c4ccccc4)[nH]c3c2)c(OC)c1. The van der Waals surface area contributed by atoms with Crippen LogP contribution in [0.15, 0.2) is 66.7 Å². The highest BCUT2D eigenvalue weighted by Gasteiger charge is 2.14. The molecular weight excluding hydrogens is 410 g/mol. The number of aromatic nitrogens is 2. The number of nitrogens with one attached hydrogen (secondary N) is 2. The van der Waals surface area contributed by atoms with Crippen LogP contribution in [-0.4, -0.2) is 42.7 Å². The lowest BCUT2D eigenvalue weighted by Crippen LogP contribution is -2.21. The average molecular weight is 431 g/mol. The van der Waals surface area contributed by atoms with Gasteiger partial charge in [-0.25, -0.2) is 9.78 Å². The van der Waals surface area contributed by atoms with Gasteiger partial charge in [0.25, 0.3) is 5.91 Å². The average Bonchev–Trinajstić information content (AvgIpc) is 3.27. The summed E-state index contributed by atoms with van der Waals surface area (Å²) in [5, 5.41) is 2.66. The summed E-state index contributed by atoms with van der Waals surface area (Å²) in [6, 6.07) is 19.7. The van der Waals surface area contributed by atoms with E-state index in [9.17, 15) is 9.59 Å². The van der Waals surface area contributed by atoms with Gasteiger partial charge in [0, 0.05) is 11.6 Å². The molecule has 1 amide bonds. The molecule has 8 heteroatoms. The number of nitrogens with zero attached hydrogens (tertiary/aromatic N) is 1. The van der Waals surface area contributed by atoms with Gasteiger partial charge >= 0.3 is 5.97 Å². The maximum absolute atomic E-state index is 12.5. The van der Waals surface area contributed by atoms with Crippen LogP contribution in [-0.2, 0) is 9.53 Å². The fraction of sp³-hybridized carbons (Fsp3) is 0.125. The Morgan fingerprint density at radius 1 is 0.969 bits per heavy atom. The lowest BCUT2D eigenvalue weighted by atomic mass is 10.2. The van der Waals surface area contributed by atoms with Crippen molar-refractivity contribution >= 4 is 28.6 Å². The number of imidazole rings is 1. The first-order chi connectivity index (χ1) is 15.6. The first-order valence-electron chi connectivity index (χ1n) is 9.81. The maximum Gasteiger partial charge on any atom is 0.338 e. The van der Waals surface area contributed by atoms with Crippen LogP contribution in [0.2, 0.25) is 0 Å². The second-order valence-electron chi connectivity index (χ2n) is 6.87. The molecule has 0 unspecified atom stereocenters. The van der Waals surface area contributed by atoms with Crippen LogP contribution in [0.25, 0.3) is 22.4 Å². The van der Waals surface area contributed by atoms with Crippen LogP contribution in [0.5, 0.6) is 11.5 Å². The minimum Gasteiger partial charge on any atom is -0.497 e. The molecule has 0 fully saturated rings. The molecule has 4 rings (SSSR count). The van der Waals surface area contributed by atoms with E-state index in [1.807, 2.05) is 30.3 Å². The Bertz CT molecular complexity index is 1270. The second-order valence-corrected chi connectivity index (χ2v) is 6.87. The molecule has 0 radical (unpaired) electrons. The van der Waals surface area contributed by atoms with E-state index in [-0.39, 0.29) is 0 Å². The normalized spacial score (nSPS) is 10.6. The van der Waals surface area contributed by atoms with Crippen LogP contribution in [0.3, 0.4) is 0 Å². The molecule has 162 valence electrons. The first-order valence-corrected chi connectivity index (χ1v) is 9.81. The van der Waals surface area contributed by atoms with Crippen molar-refractivity contribution in [3.63, 3.8) is 0 Å². The standard InChI is InChI=1S/C24H21N3O5/c1-30-17-9-11-19(21(13-17)31-2)25-22(28)14-32-24(29)16-8-10-18-20(12-16)27-23(26-18)15-6-4-3-5-7-15/h3-13H,14H2,1-2H3,(H,25,28)(H,26,27). The molecule has 0 bridgehead atoms. The Morgan fingerprint density at radius 3 is 2.53 bits per heavy atom. The van der Waals surface area contributed by atoms with E-state index < -0.39 is 18.5 Å². The number of benzene rings is 3. The zero-order valence-corrected chi connectivity index (χ0v) is 17.5. The number of H-pyrrole nitrogens is 1. The van der Waals surface area contributed by atoms with Crippen LogP contribution < -0.4 is 14.8 Å². The maximum atomic E-state index is 12.5. The van der Waals surface area contributed by atoms with Gasteiger partial charge in [-0.3, -0.25) is 4.79 Å². The lowest BCUT2D eigenvalue weighted by molar-refractivity contribution is -0.119. The van der Waals surface area contributed by atoms with Crippen molar-refractivity contribution in [1.29, 1.82) is 0 Å². The number of carbonyl (C=O) groups excluding carboxylic acids is 2. The van der Waals surface area contributed by atoms with Crippen molar-refractivity contribution in [3.8, 4) is 22.9 Å². The summed E-state index contributed by atoms with van der Waals surface area (Å²) in [5.74, 6) is 0.633. The minimum atomic E-state index is -0.611. The Hall–Kier alpha value is -4.33. The van der Waals surface area contributed by atoms with Gasteiger partial charge in [0.2, 0.25) is 0 Å². The van der Waals surface area contributed by atoms with Gasteiger partial charge in [-0.15, -0.1) is 0 Å². The molecule has 0 aliphatic carbocycles. The number of rotatable bonds is 7. The Kier molecular flexibility index (Phi) is 6.03. The first kappa shape index (κ1) is 20.9. The Balaban J connectivity index is 1.41. The van der Waals surface area contributed by atoms with E-state index >= 15 is 0 Å². The van der Waals surface area contributed by atoms with Crippen LogP contribution in [0.4, 0.5) is 5.69 Å². The number of anilines is 1. The van der Waals surface area contributed by atoms with Crippen molar-refractivity contribution in [2.45, 2.75) is 0 Å². The predicted molar refractivity (Wildman–Crippen MR) is 120 cm³/mol. The van der Waals surface area contributed by atoms with E-state index in [2.05, 4.69) is 15.3 Å². The molecule has 2 N–H and O–H groups in total. The van der Waals surface area contributed by atoms with Crippen LogP contribution >= 0.6 is 0 Å². The largest absolute Gasteiger partial charge is 0.497 e. The van der Waals surface area contributed by atoms with E-state index in [4.69, 9.17) is 14.2 Å². The van der Waals surface area contributed by atoms with Gasteiger partial charge < -0.3 is 24.5 Å². The highest BCUT2D eigenvalue weighted by Crippen LogP contribution is 2.29. The number of fused-ring (bicyclic) bond motifs is 1. The second kappa shape index (κ2) is 9.22. The molecule has 4 aromatic rings. The van der Waals surface area contributed by atoms with Gasteiger partial charge in [-0.2, -0.15) is 0 Å². The third kappa shape index (κ3) is 4.54. The summed E-state index contributed by atoms with van der Waals surface area (Å²) >= 11 is 0. The van der Waals surface area contributed by atoms with Gasteiger partial charge in [0.15, 0.2) is 6.61 Å². The van der Waals surface area contributed by atoms with Gasteiger partial charge in [-0.1, -0.05) is 30.3 Å². The van der Waals surface area contributed by atoms with E-state index in [1.165, 1.54) is 14.2 Å². The van der Waals surface area contributed by atoms with Crippen molar-refractivity contribution in [2.75, 3.05) is 26.1 Å². The number of esters is 1. The van der Waals surface area contributed by atoms with Gasteiger partial charge in [0.1, 0.15) is 17.3 Å².